The maximum absolute atomic E-state index is 6.05. The molecule has 0 radical (unpaired) electrons. The van der Waals surface area contributed by atoms with Crippen molar-refractivity contribution < 1.29 is 4.74 Å². The molecule has 0 amide bonds. The van der Waals surface area contributed by atoms with Crippen LogP contribution >= 0.6 is 11.8 Å². The van der Waals surface area contributed by atoms with Crippen LogP contribution in [0.25, 0.3) is 0 Å². The first-order chi connectivity index (χ1) is 9.12. The Morgan fingerprint density at radius 1 is 1.26 bits per heavy atom. The Hall–Kier alpha value is -0.970. The van der Waals surface area contributed by atoms with E-state index in [1.165, 1.54) is 18.2 Å². The number of aromatic nitrogens is 2. The van der Waals surface area contributed by atoms with Gasteiger partial charge in [0.05, 0.1) is 0 Å². The lowest BCUT2D eigenvalue weighted by Gasteiger charge is -2.31. The largest absolute Gasteiger partial charge is 0.474 e. The fourth-order valence-corrected chi connectivity index (χ4v) is 2.83. The molecule has 0 saturated heterocycles. The minimum Gasteiger partial charge on any atom is -0.474 e. The van der Waals surface area contributed by atoms with Gasteiger partial charge in [0.25, 0.3) is 0 Å². The van der Waals surface area contributed by atoms with Crippen LogP contribution in [0.5, 0.6) is 5.88 Å². The van der Waals surface area contributed by atoms with E-state index < -0.39 is 0 Å². The number of hydrogen-bond acceptors (Lipinski definition) is 5. The van der Waals surface area contributed by atoms with Gasteiger partial charge in [-0.1, -0.05) is 25.6 Å². The van der Waals surface area contributed by atoms with Crippen LogP contribution in [0.1, 0.15) is 33.1 Å². The Balaban J connectivity index is 2.06. The van der Waals surface area contributed by atoms with Crippen LogP contribution < -0.4 is 10.1 Å². The summed E-state index contributed by atoms with van der Waals surface area (Å²) in [5, 5.41) is 3.80. The average Bonchev–Trinajstić information content (AvgIpc) is 2.42. The molecule has 19 heavy (non-hydrogen) atoms. The normalized spacial score (nSPS) is 27.1. The van der Waals surface area contributed by atoms with E-state index in [-0.39, 0.29) is 0 Å². The van der Waals surface area contributed by atoms with Gasteiger partial charge in [-0.25, -0.2) is 4.98 Å². The van der Waals surface area contributed by atoms with E-state index in [4.69, 9.17) is 4.74 Å². The quantitative estimate of drug-likeness (QED) is 0.676. The lowest BCUT2D eigenvalue weighted by molar-refractivity contribution is 0.0957. The van der Waals surface area contributed by atoms with Gasteiger partial charge >= 0.3 is 0 Å². The van der Waals surface area contributed by atoms with Crippen LogP contribution in [0, 0.1) is 11.8 Å². The zero-order chi connectivity index (χ0) is 13.8. The summed E-state index contributed by atoms with van der Waals surface area (Å²) in [5.41, 5.74) is 0. The van der Waals surface area contributed by atoms with Crippen LogP contribution in [0.15, 0.2) is 11.2 Å². The van der Waals surface area contributed by atoms with Crippen molar-refractivity contribution >= 4 is 17.6 Å². The molecule has 1 heterocycles. The Morgan fingerprint density at radius 3 is 2.68 bits per heavy atom. The molecule has 1 N–H and O–H groups in total. The second kappa shape index (κ2) is 6.46. The number of thioether (sulfide) groups is 1. The Labute approximate surface area is 119 Å². The molecule has 1 fully saturated rings. The van der Waals surface area contributed by atoms with E-state index in [2.05, 4.69) is 29.1 Å². The van der Waals surface area contributed by atoms with Crippen LogP contribution in [0.4, 0.5) is 5.82 Å². The number of hydrogen-bond donors (Lipinski definition) is 1. The zero-order valence-electron chi connectivity index (χ0n) is 12.1. The molecule has 3 unspecified atom stereocenters. The lowest BCUT2D eigenvalue weighted by Crippen LogP contribution is -2.29. The molecule has 0 bridgehead atoms. The summed E-state index contributed by atoms with van der Waals surface area (Å²) < 4.78 is 6.05. The highest BCUT2D eigenvalue weighted by atomic mass is 32.2. The molecule has 1 aliphatic carbocycles. The molecule has 0 aliphatic heterocycles. The predicted octanol–water partition coefficient (Wildman–Crippen LogP) is 3.44. The molecule has 1 saturated carbocycles. The van der Waals surface area contributed by atoms with Crippen molar-refractivity contribution in [3.8, 4) is 5.88 Å². The first-order valence-corrected chi connectivity index (χ1v) is 8.12. The zero-order valence-corrected chi connectivity index (χ0v) is 13.0. The van der Waals surface area contributed by atoms with E-state index in [0.717, 1.165) is 35.7 Å². The fourth-order valence-electron chi connectivity index (χ4n) is 2.46. The molecular formula is C14H23N3OS. The van der Waals surface area contributed by atoms with Crippen LogP contribution in [-0.2, 0) is 0 Å². The number of nitrogens with zero attached hydrogens (tertiary/aromatic N) is 2. The molecule has 0 spiro atoms. The highest BCUT2D eigenvalue weighted by molar-refractivity contribution is 7.98. The summed E-state index contributed by atoms with van der Waals surface area (Å²) in [7, 11) is 1.86. The lowest BCUT2D eigenvalue weighted by atomic mass is 9.80. The van der Waals surface area contributed by atoms with Crippen molar-refractivity contribution in [3.05, 3.63) is 6.07 Å². The number of nitrogens with one attached hydrogen (secondary N) is 1. The average molecular weight is 281 g/mol. The van der Waals surface area contributed by atoms with E-state index in [0.29, 0.717) is 12.0 Å². The molecule has 1 aliphatic rings. The highest BCUT2D eigenvalue weighted by Gasteiger charge is 2.26. The van der Waals surface area contributed by atoms with E-state index in [9.17, 15) is 0 Å². The smallest absolute Gasteiger partial charge is 0.219 e. The Bertz CT molecular complexity index is 405. The molecule has 0 aromatic carbocycles. The van der Waals surface area contributed by atoms with E-state index in [1.807, 2.05) is 19.4 Å². The summed E-state index contributed by atoms with van der Waals surface area (Å²) in [6.07, 6.45) is 5.75. The maximum Gasteiger partial charge on any atom is 0.219 e. The molecule has 5 heteroatoms. The van der Waals surface area contributed by atoms with Gasteiger partial charge in [-0.3, -0.25) is 0 Å². The van der Waals surface area contributed by atoms with Gasteiger partial charge in [-0.15, -0.1) is 0 Å². The molecule has 106 valence electrons. The number of ether oxygens (including phenoxy) is 1. The third kappa shape index (κ3) is 3.75. The van der Waals surface area contributed by atoms with Gasteiger partial charge in [0.1, 0.15) is 11.9 Å². The minimum atomic E-state index is 0.292. The first-order valence-electron chi connectivity index (χ1n) is 6.90. The van der Waals surface area contributed by atoms with Crippen molar-refractivity contribution in [3.63, 3.8) is 0 Å². The minimum absolute atomic E-state index is 0.292. The van der Waals surface area contributed by atoms with Crippen LogP contribution in [-0.4, -0.2) is 29.4 Å². The summed E-state index contributed by atoms with van der Waals surface area (Å²) >= 11 is 1.53. The number of rotatable bonds is 4. The van der Waals surface area contributed by atoms with Crippen molar-refractivity contribution in [1.82, 2.24) is 9.97 Å². The summed E-state index contributed by atoms with van der Waals surface area (Å²) in [4.78, 5) is 8.78. The van der Waals surface area contributed by atoms with Crippen LogP contribution in [0.3, 0.4) is 0 Å². The van der Waals surface area contributed by atoms with Gasteiger partial charge in [0.15, 0.2) is 5.16 Å². The third-order valence-corrected chi connectivity index (χ3v) is 4.51. The highest BCUT2D eigenvalue weighted by Crippen LogP contribution is 2.32. The number of anilines is 1. The molecular weight excluding hydrogens is 258 g/mol. The van der Waals surface area contributed by atoms with Gasteiger partial charge in [-0.2, -0.15) is 4.98 Å². The van der Waals surface area contributed by atoms with Gasteiger partial charge in [0.2, 0.25) is 5.88 Å². The fraction of sp³-hybridized carbons (Fsp3) is 0.714. The Morgan fingerprint density at radius 2 is 2.05 bits per heavy atom. The Kier molecular flexibility index (Phi) is 4.91. The van der Waals surface area contributed by atoms with Gasteiger partial charge in [0, 0.05) is 13.1 Å². The summed E-state index contributed by atoms with van der Waals surface area (Å²) in [6.45, 7) is 4.64. The molecule has 1 aromatic rings. The second-order valence-electron chi connectivity index (χ2n) is 5.34. The van der Waals surface area contributed by atoms with Crippen molar-refractivity contribution in [2.24, 2.45) is 11.8 Å². The van der Waals surface area contributed by atoms with E-state index >= 15 is 0 Å². The molecule has 1 aromatic heterocycles. The standard InChI is InChI=1S/C14H23N3OS/c1-9-5-6-11(7-10(9)2)18-13-8-12(15-3)16-14(17-13)19-4/h8-11H,5-7H2,1-4H3,(H,15,16,17). The predicted molar refractivity (Wildman–Crippen MR) is 80.0 cm³/mol. The van der Waals surface area contributed by atoms with Gasteiger partial charge in [-0.05, 0) is 37.4 Å². The monoisotopic (exact) mass is 281 g/mol. The van der Waals surface area contributed by atoms with Crippen molar-refractivity contribution in [2.45, 2.75) is 44.4 Å². The molecule has 3 atom stereocenters. The van der Waals surface area contributed by atoms with Crippen LogP contribution in [0.2, 0.25) is 0 Å². The molecule has 2 rings (SSSR count). The van der Waals surface area contributed by atoms with Crippen molar-refractivity contribution in [2.75, 3.05) is 18.6 Å². The maximum atomic E-state index is 6.05. The molecule has 4 nitrogen and oxygen atoms in total. The topological polar surface area (TPSA) is 47.0 Å². The van der Waals surface area contributed by atoms with E-state index in [1.54, 1.807) is 0 Å². The first kappa shape index (κ1) is 14.4. The summed E-state index contributed by atoms with van der Waals surface area (Å²) in [6, 6.07) is 1.88. The second-order valence-corrected chi connectivity index (χ2v) is 6.11. The van der Waals surface area contributed by atoms with Gasteiger partial charge < -0.3 is 10.1 Å². The van der Waals surface area contributed by atoms with Crippen molar-refractivity contribution in [1.29, 1.82) is 0 Å². The summed E-state index contributed by atoms with van der Waals surface area (Å²) in [5.74, 6) is 3.03. The third-order valence-electron chi connectivity index (χ3n) is 3.96. The SMILES string of the molecule is CNc1cc(OC2CCC(C)C(C)C2)nc(SC)n1.